The molecule has 0 aromatic heterocycles. The van der Waals surface area contributed by atoms with Crippen LogP contribution in [0, 0.1) is 15.5 Å². The molecule has 5 nitrogen and oxygen atoms in total. The zero-order valence-corrected chi connectivity index (χ0v) is 12.3. The summed E-state index contributed by atoms with van der Waals surface area (Å²) in [5.41, 5.74) is 1.16. The van der Waals surface area contributed by atoms with Crippen LogP contribution in [0.5, 0.6) is 0 Å². The van der Waals surface area contributed by atoms with Crippen molar-refractivity contribution >= 4 is 17.3 Å². The van der Waals surface area contributed by atoms with Gasteiger partial charge in [0.2, 0.25) is 0 Å². The molecule has 1 aliphatic heterocycles. The average Bonchev–Trinajstić information content (AvgIpc) is 2.41. The number of ether oxygens (including phenoxy) is 1. The molecular weight excluding hydrogens is 280 g/mol. The maximum atomic E-state index is 10.6. The molecule has 1 heterocycles. The number of halogens is 1. The number of nitrogens with zero attached hydrogens (tertiary/aromatic N) is 1. The Morgan fingerprint density at radius 2 is 2.15 bits per heavy atom. The van der Waals surface area contributed by atoms with E-state index in [2.05, 4.69) is 12.2 Å². The summed E-state index contributed by atoms with van der Waals surface area (Å²) in [4.78, 5) is 10.2. The van der Waals surface area contributed by atoms with E-state index in [9.17, 15) is 10.1 Å². The van der Waals surface area contributed by atoms with Crippen molar-refractivity contribution in [2.75, 3.05) is 19.8 Å². The van der Waals surface area contributed by atoms with Gasteiger partial charge in [-0.3, -0.25) is 10.1 Å². The van der Waals surface area contributed by atoms with Gasteiger partial charge in [0, 0.05) is 38.4 Å². The summed E-state index contributed by atoms with van der Waals surface area (Å²) in [6.07, 6.45) is 2.10. The predicted octanol–water partition coefficient (Wildman–Crippen LogP) is 3.15. The van der Waals surface area contributed by atoms with Crippen LogP contribution in [0.15, 0.2) is 18.2 Å². The van der Waals surface area contributed by atoms with E-state index in [-0.39, 0.29) is 11.1 Å². The quantitative estimate of drug-likeness (QED) is 0.670. The second-order valence-corrected chi connectivity index (χ2v) is 5.97. The van der Waals surface area contributed by atoms with Gasteiger partial charge in [0.1, 0.15) is 0 Å². The molecule has 1 aromatic rings. The second kappa shape index (κ2) is 6.52. The van der Waals surface area contributed by atoms with Crippen LogP contribution in [0.3, 0.4) is 0 Å². The van der Waals surface area contributed by atoms with Crippen LogP contribution in [-0.2, 0) is 11.3 Å². The largest absolute Gasteiger partial charge is 0.381 e. The van der Waals surface area contributed by atoms with Crippen molar-refractivity contribution in [1.82, 2.24) is 5.32 Å². The SMILES string of the molecule is CC1(CNCc2ccc([N+](=O)[O-])cc2Cl)CCOCC1. The highest BCUT2D eigenvalue weighted by molar-refractivity contribution is 6.31. The van der Waals surface area contributed by atoms with Crippen LogP contribution >= 0.6 is 11.6 Å². The Hall–Kier alpha value is -1.17. The van der Waals surface area contributed by atoms with Gasteiger partial charge in [-0.1, -0.05) is 18.5 Å². The van der Waals surface area contributed by atoms with Crippen molar-refractivity contribution < 1.29 is 9.66 Å². The lowest BCUT2D eigenvalue weighted by Crippen LogP contribution is -2.36. The summed E-state index contributed by atoms with van der Waals surface area (Å²) in [6.45, 7) is 5.39. The van der Waals surface area contributed by atoms with Crippen molar-refractivity contribution in [3.63, 3.8) is 0 Å². The number of hydrogen-bond donors (Lipinski definition) is 1. The molecule has 0 amide bonds. The fourth-order valence-electron chi connectivity index (χ4n) is 2.33. The Morgan fingerprint density at radius 1 is 1.45 bits per heavy atom. The normalized spacial score (nSPS) is 17.9. The minimum atomic E-state index is -0.438. The van der Waals surface area contributed by atoms with E-state index in [0.717, 1.165) is 38.2 Å². The van der Waals surface area contributed by atoms with Gasteiger partial charge in [-0.2, -0.15) is 0 Å². The topological polar surface area (TPSA) is 64.4 Å². The van der Waals surface area contributed by atoms with Crippen LogP contribution in [-0.4, -0.2) is 24.7 Å². The number of nitro groups is 1. The number of non-ortho nitro benzene ring substituents is 1. The maximum absolute atomic E-state index is 10.6. The van der Waals surface area contributed by atoms with Gasteiger partial charge < -0.3 is 10.1 Å². The number of benzene rings is 1. The van der Waals surface area contributed by atoms with Gasteiger partial charge in [0.15, 0.2) is 0 Å². The Labute approximate surface area is 123 Å². The summed E-state index contributed by atoms with van der Waals surface area (Å²) >= 11 is 6.07. The molecule has 1 fully saturated rings. The van der Waals surface area contributed by atoms with Gasteiger partial charge in [0.25, 0.3) is 5.69 Å². The smallest absolute Gasteiger partial charge is 0.270 e. The lowest BCUT2D eigenvalue weighted by atomic mass is 9.82. The van der Waals surface area contributed by atoms with Crippen molar-refractivity contribution in [2.45, 2.75) is 26.3 Å². The molecule has 0 spiro atoms. The summed E-state index contributed by atoms with van der Waals surface area (Å²) in [5.74, 6) is 0. The number of rotatable bonds is 5. The third-order valence-corrected chi connectivity index (χ3v) is 4.17. The third-order valence-electron chi connectivity index (χ3n) is 3.81. The summed E-state index contributed by atoms with van der Waals surface area (Å²) in [7, 11) is 0. The Balaban J connectivity index is 1.89. The highest BCUT2D eigenvalue weighted by atomic mass is 35.5. The van der Waals surface area contributed by atoms with Gasteiger partial charge in [-0.05, 0) is 29.9 Å². The van der Waals surface area contributed by atoms with Crippen molar-refractivity contribution in [3.8, 4) is 0 Å². The van der Waals surface area contributed by atoms with Crippen LogP contribution in [0.25, 0.3) is 0 Å². The molecule has 2 rings (SSSR count). The fourth-order valence-corrected chi connectivity index (χ4v) is 2.57. The second-order valence-electron chi connectivity index (χ2n) is 5.56. The van der Waals surface area contributed by atoms with Crippen LogP contribution < -0.4 is 5.32 Å². The Kier molecular flexibility index (Phi) is 4.96. The third kappa shape index (κ3) is 3.91. The summed E-state index contributed by atoms with van der Waals surface area (Å²) < 4.78 is 5.37. The first kappa shape index (κ1) is 15.2. The highest BCUT2D eigenvalue weighted by Gasteiger charge is 2.26. The van der Waals surface area contributed by atoms with E-state index in [1.165, 1.54) is 12.1 Å². The van der Waals surface area contributed by atoms with E-state index >= 15 is 0 Å². The van der Waals surface area contributed by atoms with E-state index in [0.29, 0.717) is 11.6 Å². The minimum Gasteiger partial charge on any atom is -0.381 e. The van der Waals surface area contributed by atoms with Crippen molar-refractivity contribution in [1.29, 1.82) is 0 Å². The number of hydrogen-bond acceptors (Lipinski definition) is 4. The van der Waals surface area contributed by atoms with Crippen LogP contribution in [0.4, 0.5) is 5.69 Å². The molecule has 1 N–H and O–H groups in total. The molecule has 0 saturated carbocycles. The molecule has 0 radical (unpaired) electrons. The van der Waals surface area contributed by atoms with Crippen LogP contribution in [0.2, 0.25) is 5.02 Å². The lowest BCUT2D eigenvalue weighted by molar-refractivity contribution is -0.384. The first-order valence-corrected chi connectivity index (χ1v) is 7.09. The molecular formula is C14H19ClN2O3. The van der Waals surface area contributed by atoms with Gasteiger partial charge in [0.05, 0.1) is 9.95 Å². The number of nitro benzene ring substituents is 1. The lowest BCUT2D eigenvalue weighted by Gasteiger charge is -2.33. The Bertz CT molecular complexity index is 487. The maximum Gasteiger partial charge on any atom is 0.270 e. The molecule has 0 bridgehead atoms. The van der Waals surface area contributed by atoms with Crippen LogP contribution in [0.1, 0.15) is 25.3 Å². The van der Waals surface area contributed by atoms with Crippen molar-refractivity contribution in [2.24, 2.45) is 5.41 Å². The first-order valence-electron chi connectivity index (χ1n) is 6.71. The molecule has 110 valence electrons. The summed E-state index contributed by atoms with van der Waals surface area (Å²) in [6, 6.07) is 4.59. The van der Waals surface area contributed by atoms with E-state index in [4.69, 9.17) is 16.3 Å². The molecule has 20 heavy (non-hydrogen) atoms. The first-order chi connectivity index (χ1) is 9.50. The molecule has 6 heteroatoms. The van der Waals surface area contributed by atoms with Gasteiger partial charge >= 0.3 is 0 Å². The highest BCUT2D eigenvalue weighted by Crippen LogP contribution is 2.29. The monoisotopic (exact) mass is 298 g/mol. The minimum absolute atomic E-state index is 0.0233. The van der Waals surface area contributed by atoms with Gasteiger partial charge in [-0.25, -0.2) is 0 Å². The van der Waals surface area contributed by atoms with Crippen molar-refractivity contribution in [3.05, 3.63) is 38.9 Å². The van der Waals surface area contributed by atoms with E-state index in [1.54, 1.807) is 6.07 Å². The molecule has 1 aliphatic rings. The zero-order chi connectivity index (χ0) is 14.6. The zero-order valence-electron chi connectivity index (χ0n) is 11.5. The van der Waals surface area contributed by atoms with E-state index < -0.39 is 4.92 Å². The molecule has 0 atom stereocenters. The fraction of sp³-hybridized carbons (Fsp3) is 0.571. The van der Waals surface area contributed by atoms with E-state index in [1.807, 2.05) is 0 Å². The number of nitrogens with one attached hydrogen (secondary N) is 1. The molecule has 0 unspecified atom stereocenters. The summed E-state index contributed by atoms with van der Waals surface area (Å²) in [5, 5.41) is 14.5. The van der Waals surface area contributed by atoms with Gasteiger partial charge in [-0.15, -0.1) is 0 Å². The Morgan fingerprint density at radius 3 is 2.75 bits per heavy atom. The predicted molar refractivity (Wildman–Crippen MR) is 78.0 cm³/mol. The average molecular weight is 299 g/mol. The molecule has 1 aromatic carbocycles. The molecule has 0 aliphatic carbocycles. The standard InChI is InChI=1S/C14H19ClN2O3/c1-14(4-6-20-7-5-14)10-16-9-11-2-3-12(17(18)19)8-13(11)15/h2-3,8,16H,4-7,9-10H2,1H3. The molecule has 1 saturated heterocycles.